The van der Waals surface area contributed by atoms with Gasteiger partial charge in [-0.15, -0.1) is 0 Å². The zero-order valence-corrected chi connectivity index (χ0v) is 21.0. The van der Waals surface area contributed by atoms with Crippen molar-refractivity contribution in [3.63, 3.8) is 0 Å². The van der Waals surface area contributed by atoms with Gasteiger partial charge in [0.25, 0.3) is 0 Å². The number of carboxylic acid groups (broad SMARTS) is 1. The summed E-state index contributed by atoms with van der Waals surface area (Å²) in [5.74, 6) is -6.99. The molecule has 0 aliphatic rings. The predicted molar refractivity (Wildman–Crippen MR) is 126 cm³/mol. The number of carbonyl (C=O) groups excluding carboxylic acids is 5. The zero-order chi connectivity index (χ0) is 29.7. The Bertz CT molecular complexity index is 852. The van der Waals surface area contributed by atoms with E-state index < -0.39 is 104 Å². The third-order valence-corrected chi connectivity index (χ3v) is 4.95. The summed E-state index contributed by atoms with van der Waals surface area (Å²) in [5, 5.41) is 67.0. The van der Waals surface area contributed by atoms with E-state index in [0.29, 0.717) is 0 Å². The van der Waals surface area contributed by atoms with Crippen molar-refractivity contribution in [1.29, 1.82) is 0 Å². The summed E-state index contributed by atoms with van der Waals surface area (Å²) in [7, 11) is 0. The van der Waals surface area contributed by atoms with Crippen LogP contribution in [0, 0.1) is 0 Å². The van der Waals surface area contributed by atoms with Crippen LogP contribution in [0.2, 0.25) is 0 Å². The van der Waals surface area contributed by atoms with Crippen molar-refractivity contribution in [2.45, 2.75) is 69.3 Å². The van der Waals surface area contributed by atoms with Gasteiger partial charge in [-0.05, 0) is 20.8 Å². The normalized spacial score (nSPS) is 17.3. The number of aliphatic hydroxyl groups is 5. The molecular formula is C20H36N6O12. The van der Waals surface area contributed by atoms with Crippen molar-refractivity contribution < 1.29 is 59.4 Å². The van der Waals surface area contributed by atoms with E-state index in [1.165, 1.54) is 0 Å². The molecule has 0 aliphatic carbocycles. The molecule has 0 aromatic heterocycles. The van der Waals surface area contributed by atoms with Gasteiger partial charge in [-0.1, -0.05) is 0 Å². The Morgan fingerprint density at radius 3 is 1.42 bits per heavy atom. The molecule has 8 atom stereocenters. The standard InChI is InChI=1S/C20H36N6O12/c1-7(29)13(18(36)22-4-12(32)33)25-17(35)11(6-28)23-19(37)14(8(2)30)26-20(38)15(9(3)31)24-16(34)10(21)5-27/h7-11,13-15,27-31H,4-6,21H2,1-3H3,(H,22,36)(H,23,37)(H,24,34)(H,25,35)(H,26,38)(H,32,33). The molecule has 18 nitrogen and oxygen atoms in total. The topological polar surface area (TPSA) is 310 Å². The number of aliphatic hydroxyl groups excluding tert-OH is 5. The lowest BCUT2D eigenvalue weighted by Gasteiger charge is -2.28. The van der Waals surface area contributed by atoms with Gasteiger partial charge in [-0.3, -0.25) is 28.8 Å². The van der Waals surface area contributed by atoms with Crippen LogP contribution in [-0.4, -0.2) is 134 Å². The summed E-state index contributed by atoms with van der Waals surface area (Å²) in [6.07, 6.45) is -4.62. The fraction of sp³-hybridized carbons (Fsp3) is 0.700. The smallest absolute Gasteiger partial charge is 0.322 e. The number of nitrogens with one attached hydrogen (secondary N) is 5. The zero-order valence-electron chi connectivity index (χ0n) is 21.0. The van der Waals surface area contributed by atoms with Gasteiger partial charge in [0.05, 0.1) is 31.5 Å². The largest absolute Gasteiger partial charge is 0.480 e. The van der Waals surface area contributed by atoms with Crippen molar-refractivity contribution in [3.05, 3.63) is 0 Å². The number of carboxylic acids is 1. The molecule has 18 heteroatoms. The average Bonchev–Trinajstić information content (AvgIpc) is 2.83. The van der Waals surface area contributed by atoms with E-state index >= 15 is 0 Å². The van der Waals surface area contributed by atoms with Crippen molar-refractivity contribution in [1.82, 2.24) is 26.6 Å². The van der Waals surface area contributed by atoms with Crippen LogP contribution in [0.25, 0.3) is 0 Å². The number of aliphatic carboxylic acids is 1. The highest BCUT2D eigenvalue weighted by Crippen LogP contribution is 2.01. The number of hydrogen-bond acceptors (Lipinski definition) is 12. The van der Waals surface area contributed by atoms with E-state index in [1.54, 1.807) is 0 Å². The number of rotatable bonds is 16. The van der Waals surface area contributed by atoms with E-state index in [0.717, 1.165) is 20.8 Å². The molecule has 0 aromatic carbocycles. The molecule has 0 fully saturated rings. The van der Waals surface area contributed by atoms with Gasteiger partial charge in [0, 0.05) is 0 Å². The minimum absolute atomic E-state index is 0.763. The van der Waals surface area contributed by atoms with Crippen molar-refractivity contribution in [3.8, 4) is 0 Å². The molecule has 8 unspecified atom stereocenters. The highest BCUT2D eigenvalue weighted by Gasteiger charge is 2.35. The Hall–Kier alpha value is -3.42. The summed E-state index contributed by atoms with van der Waals surface area (Å²) in [4.78, 5) is 72.5. The molecule has 0 aromatic rings. The third-order valence-electron chi connectivity index (χ3n) is 4.95. The maximum absolute atomic E-state index is 12.7. The molecule has 38 heavy (non-hydrogen) atoms. The molecular weight excluding hydrogens is 516 g/mol. The van der Waals surface area contributed by atoms with Crippen LogP contribution in [-0.2, 0) is 28.8 Å². The van der Waals surface area contributed by atoms with Crippen molar-refractivity contribution in [2.24, 2.45) is 5.73 Å². The lowest BCUT2D eigenvalue weighted by Crippen LogP contribution is -2.63. The molecule has 0 heterocycles. The van der Waals surface area contributed by atoms with E-state index in [9.17, 15) is 49.2 Å². The lowest BCUT2D eigenvalue weighted by atomic mass is 10.1. The molecule has 0 saturated heterocycles. The fourth-order valence-electron chi connectivity index (χ4n) is 2.78. The molecule has 0 radical (unpaired) electrons. The number of nitrogens with two attached hydrogens (primary N) is 1. The average molecular weight is 553 g/mol. The molecule has 0 aliphatic heterocycles. The quantitative estimate of drug-likeness (QED) is 0.0847. The minimum atomic E-state index is -1.78. The Kier molecular flexibility index (Phi) is 14.9. The Morgan fingerprint density at radius 1 is 0.632 bits per heavy atom. The van der Waals surface area contributed by atoms with Crippen LogP contribution < -0.4 is 32.3 Å². The van der Waals surface area contributed by atoms with E-state index in [1.807, 2.05) is 16.0 Å². The molecule has 0 spiro atoms. The Labute approximate surface area is 216 Å². The summed E-state index contributed by atoms with van der Waals surface area (Å²) < 4.78 is 0. The predicted octanol–water partition coefficient (Wildman–Crippen LogP) is -7.42. The summed E-state index contributed by atoms with van der Waals surface area (Å²) in [5.41, 5.74) is 5.36. The van der Waals surface area contributed by atoms with Crippen molar-refractivity contribution in [2.75, 3.05) is 19.8 Å². The second-order valence-corrected chi connectivity index (χ2v) is 8.32. The van der Waals surface area contributed by atoms with E-state index in [2.05, 4.69) is 10.6 Å². The van der Waals surface area contributed by atoms with Gasteiger partial charge in [-0.2, -0.15) is 0 Å². The molecule has 0 saturated carbocycles. The SMILES string of the molecule is CC(O)C(NC(=O)C(N)CO)C(=O)NC(C(=O)NC(CO)C(=O)NC(C(=O)NCC(=O)O)C(C)O)C(C)O. The second-order valence-electron chi connectivity index (χ2n) is 8.32. The molecule has 0 bridgehead atoms. The fourth-order valence-corrected chi connectivity index (χ4v) is 2.78. The van der Waals surface area contributed by atoms with Crippen molar-refractivity contribution >= 4 is 35.5 Å². The van der Waals surface area contributed by atoms with Gasteiger partial charge in [-0.25, -0.2) is 0 Å². The van der Waals surface area contributed by atoms with E-state index in [4.69, 9.17) is 15.9 Å². The monoisotopic (exact) mass is 552 g/mol. The summed E-state index contributed by atoms with van der Waals surface area (Å²) >= 11 is 0. The first-order valence-electron chi connectivity index (χ1n) is 11.3. The highest BCUT2D eigenvalue weighted by molar-refractivity contribution is 5.96. The number of amides is 5. The Morgan fingerprint density at radius 2 is 1.03 bits per heavy atom. The Balaban J connectivity index is 5.52. The van der Waals surface area contributed by atoms with Crippen LogP contribution in [0.5, 0.6) is 0 Å². The molecule has 0 rings (SSSR count). The van der Waals surface area contributed by atoms with Gasteiger partial charge in [0.2, 0.25) is 29.5 Å². The van der Waals surface area contributed by atoms with Gasteiger partial charge < -0.3 is 63.0 Å². The molecule has 13 N–H and O–H groups in total. The van der Waals surface area contributed by atoms with Crippen LogP contribution in [0.3, 0.4) is 0 Å². The third kappa shape index (κ3) is 11.3. The van der Waals surface area contributed by atoms with Gasteiger partial charge in [0.1, 0.15) is 36.8 Å². The molecule has 5 amide bonds. The first kappa shape index (κ1) is 34.6. The van der Waals surface area contributed by atoms with Gasteiger partial charge >= 0.3 is 5.97 Å². The van der Waals surface area contributed by atoms with E-state index in [-0.39, 0.29) is 0 Å². The first-order chi connectivity index (χ1) is 17.6. The van der Waals surface area contributed by atoms with Crippen LogP contribution in [0.4, 0.5) is 0 Å². The second kappa shape index (κ2) is 16.4. The molecule has 218 valence electrons. The lowest BCUT2D eigenvalue weighted by molar-refractivity contribution is -0.140. The highest BCUT2D eigenvalue weighted by atomic mass is 16.4. The maximum atomic E-state index is 12.7. The summed E-state index contributed by atoms with van der Waals surface area (Å²) in [6.45, 7) is 0.721. The maximum Gasteiger partial charge on any atom is 0.322 e. The van der Waals surface area contributed by atoms with Crippen LogP contribution in [0.1, 0.15) is 20.8 Å². The first-order valence-corrected chi connectivity index (χ1v) is 11.3. The van der Waals surface area contributed by atoms with Crippen LogP contribution in [0.15, 0.2) is 0 Å². The van der Waals surface area contributed by atoms with Gasteiger partial charge in [0.15, 0.2) is 0 Å². The van der Waals surface area contributed by atoms with Crippen LogP contribution >= 0.6 is 0 Å². The summed E-state index contributed by atoms with van der Waals surface area (Å²) in [6, 6.07) is -8.28. The number of carbonyl (C=O) groups is 6. The number of hydrogen-bond donors (Lipinski definition) is 12. The minimum Gasteiger partial charge on any atom is -0.480 e.